The Morgan fingerprint density at radius 1 is 0.515 bits per heavy atom. The summed E-state index contributed by atoms with van der Waals surface area (Å²) in [5.41, 5.74) is 39.0. The zero-order chi connectivity index (χ0) is 73.8. The standard InChI is InChI=1S/C61H110N20O16/c1-10-34(8)49(59(95)81-26-16-20-42(81)56(92)80-48(33(6)7)58(94)76-37(19-15-25-69-61(67)68)52(88)70-29-45(84)73-39(60(96)97)18-12-14-24-63)79-46(85)30-71-51(87)36(17-11-13-23-62)74-53(89)38(21-22-43(64)82)75-55(91)41(28-44(65)83)78-54(90)40(27-31(2)3)77-50(86)35(9)72-57(93)47(66)32(4)5/h31-42,47-49H,10-30,62-63,66H2,1-9H3,(H2,64,82)(H2,65,83)(H,70,88)(H,71,87)(H,72,93)(H,73,84)(H,74,89)(H,75,91)(H,76,94)(H,77,86)(H,78,90)(H,79,85)(H,80,92)(H,96,97)(H4,67,68,69)/t34-,35-,36-,37-,38-,39-,40-,41-,42-,47-,48-,49-/m0/s1. The lowest BCUT2D eigenvalue weighted by atomic mass is 9.97. The molecule has 0 unspecified atom stereocenters. The van der Waals surface area contributed by atoms with Gasteiger partial charge in [0.15, 0.2) is 5.96 Å². The molecule has 14 amide bonds. The maximum absolute atomic E-state index is 14.5. The minimum atomic E-state index is -1.76. The van der Waals surface area contributed by atoms with Crippen LogP contribution >= 0.6 is 0 Å². The van der Waals surface area contributed by atoms with Crippen molar-refractivity contribution in [2.24, 2.45) is 68.8 Å². The van der Waals surface area contributed by atoms with Gasteiger partial charge in [0, 0.05) is 19.5 Å². The highest BCUT2D eigenvalue weighted by atomic mass is 16.4. The number of hydrogen-bond acceptors (Lipinski definition) is 19. The highest BCUT2D eigenvalue weighted by Crippen LogP contribution is 2.23. The Morgan fingerprint density at radius 2 is 1.01 bits per heavy atom. The van der Waals surface area contributed by atoms with Crippen LogP contribution in [-0.2, 0) is 71.9 Å². The summed E-state index contributed by atoms with van der Waals surface area (Å²) in [7, 11) is 0. The summed E-state index contributed by atoms with van der Waals surface area (Å²) in [5.74, 6) is -15.2. The number of guanidine groups is 1. The van der Waals surface area contributed by atoms with Gasteiger partial charge in [-0.25, -0.2) is 4.79 Å². The molecule has 0 aliphatic carbocycles. The molecule has 97 heavy (non-hydrogen) atoms. The van der Waals surface area contributed by atoms with E-state index in [4.69, 9.17) is 40.1 Å². The number of nitrogens with two attached hydrogens (primary N) is 7. The van der Waals surface area contributed by atoms with E-state index in [1.807, 2.05) is 0 Å². The van der Waals surface area contributed by atoms with Crippen molar-refractivity contribution in [1.29, 1.82) is 0 Å². The number of unbranched alkanes of at least 4 members (excludes halogenated alkanes) is 2. The fourth-order valence-corrected chi connectivity index (χ4v) is 10.0. The first kappa shape index (κ1) is 86.2. The molecule has 0 spiro atoms. The van der Waals surface area contributed by atoms with Gasteiger partial charge in [0.05, 0.1) is 25.6 Å². The molecule has 0 aromatic carbocycles. The van der Waals surface area contributed by atoms with Crippen LogP contribution in [0.5, 0.6) is 0 Å². The molecule has 0 saturated carbocycles. The number of carbonyl (C=O) groups excluding carboxylic acids is 14. The Labute approximate surface area is 566 Å². The average Bonchev–Trinajstić information content (AvgIpc) is 1.75. The van der Waals surface area contributed by atoms with Crippen LogP contribution in [0.3, 0.4) is 0 Å². The van der Waals surface area contributed by atoms with Crippen LogP contribution in [0.25, 0.3) is 0 Å². The summed E-state index contributed by atoms with van der Waals surface area (Å²) in [6, 6.07) is -14.5. The molecule has 1 aliphatic heterocycles. The predicted octanol–water partition coefficient (Wildman–Crippen LogP) is -6.14. The maximum Gasteiger partial charge on any atom is 0.326 e. The first-order valence-electron chi connectivity index (χ1n) is 33.1. The van der Waals surface area contributed by atoms with E-state index < -0.39 is 199 Å². The summed E-state index contributed by atoms with van der Waals surface area (Å²) < 4.78 is 0. The van der Waals surface area contributed by atoms with Gasteiger partial charge >= 0.3 is 5.97 Å². The van der Waals surface area contributed by atoms with Crippen molar-refractivity contribution >= 4 is 94.6 Å². The van der Waals surface area contributed by atoms with Crippen LogP contribution in [-0.4, -0.2) is 210 Å². The first-order valence-corrected chi connectivity index (χ1v) is 33.1. The Morgan fingerprint density at radius 3 is 1.51 bits per heavy atom. The molecule has 12 atom stereocenters. The molecular formula is C61H110N20O16. The van der Waals surface area contributed by atoms with Gasteiger partial charge in [-0.3, -0.25) is 72.1 Å². The predicted molar refractivity (Wildman–Crippen MR) is 356 cm³/mol. The summed E-state index contributed by atoms with van der Waals surface area (Å²) >= 11 is 0. The number of aliphatic carboxylic acids is 1. The van der Waals surface area contributed by atoms with Crippen LogP contribution in [0.2, 0.25) is 0 Å². The molecule has 0 bridgehead atoms. The molecule has 0 aromatic heterocycles. The third-order valence-electron chi connectivity index (χ3n) is 15.9. The van der Waals surface area contributed by atoms with Crippen molar-refractivity contribution in [3.05, 3.63) is 0 Å². The largest absolute Gasteiger partial charge is 0.480 e. The minimum absolute atomic E-state index is 0.0147. The molecule has 1 rings (SSSR count). The number of rotatable bonds is 47. The van der Waals surface area contributed by atoms with E-state index in [-0.39, 0.29) is 82.4 Å². The van der Waals surface area contributed by atoms with E-state index in [0.717, 1.165) is 0 Å². The SMILES string of the molecule is CC[C@H](C)[C@H](NC(=O)CNC(=O)[C@H](CCCCN)NC(=O)[C@H](CCC(N)=O)NC(=O)[C@H](CC(N)=O)NC(=O)[C@H](CC(C)C)NC(=O)[C@H](C)NC(=O)[C@@H](N)C(C)C)C(=O)N1CCC[C@H]1C(=O)N[C@H](C(=O)N[C@@H](CCCN=C(N)N)C(=O)NCC(=O)N[C@@H](CCCCN)C(=O)O)C(C)C. The van der Waals surface area contributed by atoms with Crippen molar-refractivity contribution in [2.75, 3.05) is 39.3 Å². The summed E-state index contributed by atoms with van der Waals surface area (Å²) in [6.07, 6.45) is 0.838. The number of hydrogen-bond donors (Lipinski definition) is 19. The fourth-order valence-electron chi connectivity index (χ4n) is 10.0. The first-order chi connectivity index (χ1) is 45.5. The van der Waals surface area contributed by atoms with Crippen molar-refractivity contribution < 1.29 is 77.0 Å². The van der Waals surface area contributed by atoms with Gasteiger partial charge < -0.3 is 109 Å². The van der Waals surface area contributed by atoms with Crippen LogP contribution in [0.15, 0.2) is 4.99 Å². The van der Waals surface area contributed by atoms with Crippen molar-refractivity contribution in [3.63, 3.8) is 0 Å². The number of carbonyl (C=O) groups is 15. The van der Waals surface area contributed by atoms with E-state index >= 15 is 0 Å². The molecule has 550 valence electrons. The number of aliphatic imine (C=N–C) groups is 1. The number of carboxylic acids is 1. The molecule has 1 aliphatic rings. The lowest BCUT2D eigenvalue weighted by Crippen LogP contribution is -2.60. The van der Waals surface area contributed by atoms with Gasteiger partial charge in [0.25, 0.3) is 0 Å². The van der Waals surface area contributed by atoms with Gasteiger partial charge in [0.1, 0.15) is 60.4 Å². The van der Waals surface area contributed by atoms with E-state index in [0.29, 0.717) is 38.6 Å². The molecule has 1 saturated heterocycles. The van der Waals surface area contributed by atoms with Gasteiger partial charge in [0.2, 0.25) is 82.7 Å². The number of nitrogens with zero attached hydrogens (tertiary/aromatic N) is 2. The Bertz CT molecular complexity index is 2710. The second-order valence-electron chi connectivity index (χ2n) is 25.4. The summed E-state index contributed by atoms with van der Waals surface area (Å²) in [4.78, 5) is 206. The van der Waals surface area contributed by atoms with Crippen molar-refractivity contribution in [2.45, 2.75) is 225 Å². The maximum atomic E-state index is 14.5. The van der Waals surface area contributed by atoms with Crippen LogP contribution in [0, 0.1) is 23.7 Å². The molecule has 36 heteroatoms. The van der Waals surface area contributed by atoms with Gasteiger partial charge in [-0.1, -0.05) is 61.8 Å². The summed E-state index contributed by atoms with van der Waals surface area (Å²) in [6.45, 7) is 14.2. The lowest BCUT2D eigenvalue weighted by molar-refractivity contribution is -0.143. The van der Waals surface area contributed by atoms with Crippen LogP contribution in [0.1, 0.15) is 159 Å². The Hall–Kier alpha value is -8.80. The second kappa shape index (κ2) is 44.8. The highest BCUT2D eigenvalue weighted by molar-refractivity contribution is 6.00. The van der Waals surface area contributed by atoms with E-state index in [1.54, 1.807) is 55.4 Å². The Balaban J connectivity index is 3.38. The second-order valence-corrected chi connectivity index (χ2v) is 25.4. The fraction of sp³-hybridized carbons (Fsp3) is 0.738. The number of primary amides is 2. The van der Waals surface area contributed by atoms with Gasteiger partial charge in [-0.15, -0.1) is 0 Å². The minimum Gasteiger partial charge on any atom is -0.480 e. The van der Waals surface area contributed by atoms with Gasteiger partial charge in [-0.2, -0.15) is 0 Å². The monoisotopic (exact) mass is 1380 g/mol. The quantitative estimate of drug-likeness (QED) is 0.0153. The third-order valence-corrected chi connectivity index (χ3v) is 15.9. The van der Waals surface area contributed by atoms with E-state index in [9.17, 15) is 77.0 Å². The number of nitrogens with one attached hydrogen (secondary N) is 11. The third kappa shape index (κ3) is 32.7. The molecule has 0 radical (unpaired) electrons. The topological polar surface area (TPSA) is 606 Å². The van der Waals surface area contributed by atoms with Crippen molar-refractivity contribution in [3.8, 4) is 0 Å². The van der Waals surface area contributed by atoms with Crippen LogP contribution in [0.4, 0.5) is 0 Å². The molecule has 1 fully saturated rings. The highest BCUT2D eigenvalue weighted by Gasteiger charge is 2.42. The molecule has 1 heterocycles. The number of amides is 14. The zero-order valence-electron chi connectivity index (χ0n) is 57.5. The van der Waals surface area contributed by atoms with E-state index in [2.05, 4.69) is 63.5 Å². The van der Waals surface area contributed by atoms with Crippen LogP contribution < -0.4 is 98.6 Å². The van der Waals surface area contributed by atoms with Crippen molar-refractivity contribution in [1.82, 2.24) is 63.4 Å². The molecule has 36 nitrogen and oxygen atoms in total. The number of carboxylic acid groups (broad SMARTS) is 1. The van der Waals surface area contributed by atoms with Gasteiger partial charge in [-0.05, 0) is 121 Å². The molecular weight excluding hydrogens is 1270 g/mol. The van der Waals surface area contributed by atoms with E-state index in [1.165, 1.54) is 11.8 Å². The molecule has 26 N–H and O–H groups in total. The smallest absolute Gasteiger partial charge is 0.326 e. The average molecular weight is 1380 g/mol. The molecule has 0 aromatic rings. The normalized spacial score (nSPS) is 16.2. The lowest BCUT2D eigenvalue weighted by Gasteiger charge is -2.32. The Kier molecular flexibility index (Phi) is 39.9. The zero-order valence-corrected chi connectivity index (χ0v) is 57.5. The number of likely N-dealkylation sites (tertiary alicyclic amines) is 1. The summed E-state index contributed by atoms with van der Waals surface area (Å²) in [5, 5.41) is 37.2.